The van der Waals surface area contributed by atoms with Gasteiger partial charge in [-0.1, -0.05) is 36.4 Å². The van der Waals surface area contributed by atoms with Crippen molar-refractivity contribution >= 4 is 35.3 Å². The van der Waals surface area contributed by atoms with Crippen LogP contribution < -0.4 is 19.5 Å². The summed E-state index contributed by atoms with van der Waals surface area (Å²) < 4.78 is 117. The molecule has 0 radical (unpaired) electrons. The van der Waals surface area contributed by atoms with Gasteiger partial charge in [0.05, 0.1) is 0 Å². The van der Waals surface area contributed by atoms with E-state index in [2.05, 4.69) is 24.8 Å². The van der Waals surface area contributed by atoms with E-state index in [1.807, 2.05) is 0 Å². The summed E-state index contributed by atoms with van der Waals surface area (Å²) >= 11 is 0. The Bertz CT molecular complexity index is 2430. The summed E-state index contributed by atoms with van der Waals surface area (Å²) in [5.74, 6) is -5.20. The molecule has 0 bridgehead atoms. The molecule has 5 aromatic carbocycles. The van der Waals surface area contributed by atoms with Crippen molar-refractivity contribution in [2.45, 2.75) is 37.7 Å². The summed E-state index contributed by atoms with van der Waals surface area (Å²) in [7, 11) is 0. The average molecular weight is 822 g/mol. The number of hydrogen-bond acceptors (Lipinski definition) is 10. The Morgan fingerprint density at radius 2 is 1.07 bits per heavy atom. The largest absolute Gasteiger partial charge is 0.489 e. The van der Waals surface area contributed by atoms with Crippen LogP contribution in [0.3, 0.4) is 0 Å². The molecule has 302 valence electrons. The standard InChI is InChI=1S/C41H26F7N3O8/c42-26-7-15-30(16-8-26)57-31-17-9-27(10-18-31)49-35(52)32-19-22(20-55-28-11-3-23(4-12-28)33-36(53)58-38(50-33)40(43,44)45)1-2-25(32)21-56-29-13-5-24(6-14-29)34-37(54)59-39(51-34)41(46,47)48/h1-19,33-34H,20-21H2,(H,49,52). The van der Waals surface area contributed by atoms with Crippen molar-refractivity contribution in [3.63, 3.8) is 0 Å². The van der Waals surface area contributed by atoms with Gasteiger partial charge in [0.25, 0.3) is 5.91 Å². The molecule has 2 atom stereocenters. The number of carbonyl (C=O) groups is 3. The molecular formula is C41H26F7N3O8. The first-order valence-electron chi connectivity index (χ1n) is 17.2. The summed E-state index contributed by atoms with van der Waals surface area (Å²) in [5.41, 5.74) is 1.80. The predicted molar refractivity (Wildman–Crippen MR) is 194 cm³/mol. The second kappa shape index (κ2) is 16.3. The first-order valence-corrected chi connectivity index (χ1v) is 17.2. The third-order valence-corrected chi connectivity index (χ3v) is 8.59. The summed E-state index contributed by atoms with van der Waals surface area (Å²) in [5, 5.41) is 2.81. The number of ether oxygens (including phenoxy) is 5. The molecule has 2 aliphatic rings. The first kappa shape index (κ1) is 40.0. The molecule has 0 spiro atoms. The summed E-state index contributed by atoms with van der Waals surface area (Å²) in [4.78, 5) is 44.5. The lowest BCUT2D eigenvalue weighted by atomic mass is 10.0. The highest BCUT2D eigenvalue weighted by molar-refractivity contribution is 6.05. The Morgan fingerprint density at radius 3 is 1.54 bits per heavy atom. The van der Waals surface area contributed by atoms with Gasteiger partial charge in [-0.15, -0.1) is 0 Å². The number of benzene rings is 5. The van der Waals surface area contributed by atoms with Crippen LogP contribution >= 0.6 is 0 Å². The van der Waals surface area contributed by atoms with Gasteiger partial charge >= 0.3 is 36.1 Å². The zero-order valence-corrected chi connectivity index (χ0v) is 29.8. The molecule has 0 aromatic heterocycles. The molecule has 2 unspecified atom stereocenters. The van der Waals surface area contributed by atoms with Crippen LogP contribution in [0.5, 0.6) is 23.0 Å². The van der Waals surface area contributed by atoms with Crippen molar-refractivity contribution in [2.75, 3.05) is 5.32 Å². The molecule has 2 heterocycles. The van der Waals surface area contributed by atoms with Crippen LogP contribution in [0.2, 0.25) is 0 Å². The molecule has 5 aromatic rings. The smallest absolute Gasteiger partial charge is 0.468 e. The molecule has 0 saturated carbocycles. The normalized spacial score (nSPS) is 16.5. The van der Waals surface area contributed by atoms with Gasteiger partial charge in [0.1, 0.15) is 42.0 Å². The first-order chi connectivity index (χ1) is 28.1. The molecule has 11 nitrogen and oxygen atoms in total. The predicted octanol–water partition coefficient (Wildman–Crippen LogP) is 9.15. The minimum absolute atomic E-state index is 0.0678. The molecule has 0 fully saturated rings. The molecule has 0 aliphatic carbocycles. The lowest BCUT2D eigenvalue weighted by molar-refractivity contribution is -0.139. The Hall–Kier alpha value is -7.24. The Morgan fingerprint density at radius 1 is 0.610 bits per heavy atom. The number of hydrogen-bond donors (Lipinski definition) is 1. The number of aliphatic imine (C=N–C) groups is 2. The highest BCUT2D eigenvalue weighted by atomic mass is 19.4. The van der Waals surface area contributed by atoms with Crippen LogP contribution in [0.1, 0.15) is 44.7 Å². The fourth-order valence-electron chi connectivity index (χ4n) is 5.69. The van der Waals surface area contributed by atoms with Crippen molar-refractivity contribution in [3.8, 4) is 23.0 Å². The molecule has 1 N–H and O–H groups in total. The second-order valence-corrected chi connectivity index (χ2v) is 12.8. The number of halogens is 7. The van der Waals surface area contributed by atoms with E-state index in [1.165, 1.54) is 72.8 Å². The van der Waals surface area contributed by atoms with E-state index in [1.54, 1.807) is 42.5 Å². The molecule has 18 heteroatoms. The highest BCUT2D eigenvalue weighted by Gasteiger charge is 2.47. The molecule has 2 aliphatic heterocycles. The summed E-state index contributed by atoms with van der Waals surface area (Å²) in [6.45, 7) is -0.221. The number of cyclic esters (lactones) is 2. The Labute approximate surface area is 328 Å². The maximum absolute atomic E-state index is 13.7. The number of nitrogens with one attached hydrogen (secondary N) is 1. The number of rotatable bonds is 12. The van der Waals surface area contributed by atoms with Crippen LogP contribution in [-0.2, 0) is 32.3 Å². The minimum atomic E-state index is -4.92. The van der Waals surface area contributed by atoms with E-state index in [0.717, 1.165) is 0 Å². The zero-order valence-electron chi connectivity index (χ0n) is 29.8. The highest BCUT2D eigenvalue weighted by Crippen LogP contribution is 2.34. The number of esters is 2. The van der Waals surface area contributed by atoms with Gasteiger partial charge in [0, 0.05) is 16.8 Å². The maximum Gasteiger partial charge on any atom is 0.468 e. The van der Waals surface area contributed by atoms with Gasteiger partial charge in [0.15, 0.2) is 12.1 Å². The topological polar surface area (TPSA) is 134 Å². The van der Waals surface area contributed by atoms with E-state index in [-0.39, 0.29) is 41.4 Å². The van der Waals surface area contributed by atoms with Gasteiger partial charge in [-0.05, 0) is 95.6 Å². The minimum Gasteiger partial charge on any atom is -0.489 e. The van der Waals surface area contributed by atoms with Crippen LogP contribution in [0.25, 0.3) is 0 Å². The van der Waals surface area contributed by atoms with Crippen LogP contribution in [0, 0.1) is 5.82 Å². The molecule has 59 heavy (non-hydrogen) atoms. The average Bonchev–Trinajstić information content (AvgIpc) is 3.81. The number of anilines is 1. The molecule has 0 saturated heterocycles. The lowest BCUT2D eigenvalue weighted by Crippen LogP contribution is -2.23. The summed E-state index contributed by atoms with van der Waals surface area (Å²) in [6.07, 6.45) is -9.84. The number of carbonyl (C=O) groups excluding carboxylic acids is 3. The quantitative estimate of drug-likeness (QED) is 0.0974. The SMILES string of the molecule is O=C(Nc1ccc(Oc2ccc(F)cc2)cc1)c1cc(COc2ccc(C3N=C(C(F)(F)F)OC3=O)cc2)ccc1COc1ccc(C2N=C(C(F)(F)F)OC2=O)cc1. The third kappa shape index (κ3) is 9.66. The van der Waals surface area contributed by atoms with Gasteiger partial charge < -0.3 is 29.0 Å². The van der Waals surface area contributed by atoms with Crippen molar-refractivity contribution in [2.24, 2.45) is 9.98 Å². The van der Waals surface area contributed by atoms with E-state index in [9.17, 15) is 45.1 Å². The Balaban J connectivity index is 1.06. The number of alkyl halides is 6. The monoisotopic (exact) mass is 821 g/mol. The molecule has 7 rings (SSSR count). The van der Waals surface area contributed by atoms with Gasteiger partial charge in [0.2, 0.25) is 0 Å². The second-order valence-electron chi connectivity index (χ2n) is 12.8. The third-order valence-electron chi connectivity index (χ3n) is 8.59. The Kier molecular flexibility index (Phi) is 11.1. The zero-order chi connectivity index (χ0) is 41.9. The number of nitrogens with zero attached hydrogens (tertiary/aromatic N) is 2. The van der Waals surface area contributed by atoms with Gasteiger partial charge in [-0.2, -0.15) is 26.3 Å². The summed E-state index contributed by atoms with van der Waals surface area (Å²) in [6, 6.07) is 24.8. The van der Waals surface area contributed by atoms with Crippen molar-refractivity contribution in [3.05, 3.63) is 149 Å². The fourth-order valence-corrected chi connectivity index (χ4v) is 5.69. The van der Waals surface area contributed by atoms with E-state index in [4.69, 9.17) is 14.2 Å². The van der Waals surface area contributed by atoms with E-state index in [0.29, 0.717) is 28.3 Å². The van der Waals surface area contributed by atoms with E-state index >= 15 is 0 Å². The number of amides is 1. The molecule has 1 amide bonds. The van der Waals surface area contributed by atoms with Crippen LogP contribution in [-0.4, -0.2) is 42.0 Å². The van der Waals surface area contributed by atoms with Crippen molar-refractivity contribution in [1.82, 2.24) is 0 Å². The van der Waals surface area contributed by atoms with Crippen LogP contribution in [0.15, 0.2) is 125 Å². The fraction of sp³-hybridized carbons (Fsp3) is 0.146. The molecular weight excluding hydrogens is 795 g/mol. The lowest BCUT2D eigenvalue weighted by Gasteiger charge is -2.15. The van der Waals surface area contributed by atoms with Crippen molar-refractivity contribution < 1.29 is 68.8 Å². The maximum atomic E-state index is 13.7. The van der Waals surface area contributed by atoms with Gasteiger partial charge in [-0.3, -0.25) is 4.79 Å². The van der Waals surface area contributed by atoms with Gasteiger partial charge in [-0.25, -0.2) is 24.0 Å². The van der Waals surface area contributed by atoms with E-state index < -0.39 is 59.9 Å². The van der Waals surface area contributed by atoms with Crippen molar-refractivity contribution in [1.29, 1.82) is 0 Å². The van der Waals surface area contributed by atoms with Crippen LogP contribution in [0.4, 0.5) is 36.4 Å².